The molecule has 5 heteroatoms. The van der Waals surface area contributed by atoms with Crippen molar-refractivity contribution >= 4 is 5.97 Å². The maximum Gasteiger partial charge on any atom is 0.348 e. The van der Waals surface area contributed by atoms with Gasteiger partial charge >= 0.3 is 5.97 Å². The molecule has 0 saturated carbocycles. The molecule has 1 rings (SSSR count). The van der Waals surface area contributed by atoms with Crippen molar-refractivity contribution in [2.75, 3.05) is 7.11 Å². The van der Waals surface area contributed by atoms with Crippen molar-refractivity contribution < 1.29 is 22.7 Å². The third kappa shape index (κ3) is 2.11. The monoisotopic (exact) mass is 218 g/mol. The first kappa shape index (κ1) is 11.6. The van der Waals surface area contributed by atoms with Crippen LogP contribution in [0.2, 0.25) is 0 Å². The van der Waals surface area contributed by atoms with E-state index in [4.69, 9.17) is 0 Å². The molecule has 82 valence electrons. The van der Waals surface area contributed by atoms with E-state index in [-0.39, 0.29) is 0 Å². The highest BCUT2D eigenvalue weighted by molar-refractivity contribution is 5.80. The molecule has 0 N–H and O–H groups in total. The lowest BCUT2D eigenvalue weighted by atomic mass is 9.97. The predicted molar refractivity (Wildman–Crippen MR) is 46.8 cm³/mol. The number of carbonyl (C=O) groups excluding carboxylic acids is 1. The molecule has 1 atom stereocenters. The van der Waals surface area contributed by atoms with Gasteiger partial charge in [0.1, 0.15) is 11.6 Å². The van der Waals surface area contributed by atoms with Gasteiger partial charge in [-0.1, -0.05) is 0 Å². The fourth-order valence-corrected chi connectivity index (χ4v) is 1.17. The van der Waals surface area contributed by atoms with Crippen LogP contribution in [0.4, 0.5) is 13.2 Å². The summed E-state index contributed by atoms with van der Waals surface area (Å²) >= 11 is 0. The molecule has 1 unspecified atom stereocenters. The number of halogens is 3. The van der Waals surface area contributed by atoms with Gasteiger partial charge in [0.2, 0.25) is 5.67 Å². The Morgan fingerprint density at radius 3 is 2.47 bits per heavy atom. The van der Waals surface area contributed by atoms with Crippen LogP contribution in [0, 0.1) is 11.6 Å². The Hall–Kier alpha value is -1.52. The molecule has 2 nitrogen and oxygen atoms in total. The third-order valence-electron chi connectivity index (χ3n) is 2.01. The predicted octanol–water partition coefficient (Wildman–Crippen LogP) is 2.32. The molecule has 0 bridgehead atoms. The molecule has 0 heterocycles. The minimum absolute atomic E-state index is 0.510. The fourth-order valence-electron chi connectivity index (χ4n) is 1.17. The smallest absolute Gasteiger partial charge is 0.348 e. The first-order chi connectivity index (χ1) is 6.89. The average molecular weight is 218 g/mol. The van der Waals surface area contributed by atoms with E-state index >= 15 is 0 Å². The van der Waals surface area contributed by atoms with Gasteiger partial charge in [0.25, 0.3) is 0 Å². The number of carbonyl (C=O) groups is 1. The van der Waals surface area contributed by atoms with E-state index in [1.807, 2.05) is 0 Å². The van der Waals surface area contributed by atoms with E-state index in [1.165, 1.54) is 0 Å². The van der Waals surface area contributed by atoms with E-state index in [0.717, 1.165) is 26.2 Å². The quantitative estimate of drug-likeness (QED) is 0.712. The van der Waals surface area contributed by atoms with Crippen LogP contribution in [-0.4, -0.2) is 13.1 Å². The van der Waals surface area contributed by atoms with Gasteiger partial charge in [-0.25, -0.2) is 18.0 Å². The van der Waals surface area contributed by atoms with E-state index in [1.54, 1.807) is 0 Å². The topological polar surface area (TPSA) is 26.3 Å². The van der Waals surface area contributed by atoms with Crippen molar-refractivity contribution in [2.45, 2.75) is 12.6 Å². The van der Waals surface area contributed by atoms with Gasteiger partial charge < -0.3 is 4.74 Å². The fraction of sp³-hybridized carbons (Fsp3) is 0.300. The standard InChI is InChI=1S/C10H9F3O2/c1-10(13,9(14)15-2)7-4-3-6(11)5-8(7)12/h3-5H,1-2H3. The molecule has 0 aliphatic carbocycles. The Kier molecular flexibility index (Phi) is 3.02. The van der Waals surface area contributed by atoms with Crippen LogP contribution in [-0.2, 0) is 15.2 Å². The lowest BCUT2D eigenvalue weighted by Crippen LogP contribution is -2.29. The molecule has 1 aromatic rings. The van der Waals surface area contributed by atoms with Gasteiger partial charge in [0, 0.05) is 11.6 Å². The van der Waals surface area contributed by atoms with E-state index in [0.29, 0.717) is 6.07 Å². The van der Waals surface area contributed by atoms with Gasteiger partial charge in [0.15, 0.2) is 0 Å². The summed E-state index contributed by atoms with van der Waals surface area (Å²) in [6.45, 7) is 0.856. The van der Waals surface area contributed by atoms with Crippen molar-refractivity contribution in [1.29, 1.82) is 0 Å². The zero-order chi connectivity index (χ0) is 11.6. The molecule has 0 aromatic heterocycles. The van der Waals surface area contributed by atoms with Crippen LogP contribution in [0.3, 0.4) is 0 Å². The molecular formula is C10H9F3O2. The number of esters is 1. The molecule has 0 saturated heterocycles. The van der Waals surface area contributed by atoms with Crippen molar-refractivity contribution in [3.05, 3.63) is 35.4 Å². The largest absolute Gasteiger partial charge is 0.466 e. The summed E-state index contributed by atoms with van der Waals surface area (Å²) < 4.78 is 43.6. The molecule has 0 radical (unpaired) electrons. The van der Waals surface area contributed by atoms with Crippen LogP contribution in [0.5, 0.6) is 0 Å². The zero-order valence-corrected chi connectivity index (χ0v) is 8.18. The summed E-state index contributed by atoms with van der Waals surface area (Å²) in [5.41, 5.74) is -3.16. The van der Waals surface area contributed by atoms with Crippen LogP contribution in [0.1, 0.15) is 12.5 Å². The molecule has 0 amide bonds. The van der Waals surface area contributed by atoms with Crippen LogP contribution < -0.4 is 0 Å². The summed E-state index contributed by atoms with van der Waals surface area (Å²) in [5, 5.41) is 0. The highest BCUT2D eigenvalue weighted by Gasteiger charge is 2.38. The third-order valence-corrected chi connectivity index (χ3v) is 2.01. The van der Waals surface area contributed by atoms with E-state index in [2.05, 4.69) is 4.74 Å². The second-order valence-corrected chi connectivity index (χ2v) is 3.12. The van der Waals surface area contributed by atoms with Crippen LogP contribution >= 0.6 is 0 Å². The number of benzene rings is 1. The Balaban J connectivity index is 3.21. The van der Waals surface area contributed by atoms with Crippen LogP contribution in [0.15, 0.2) is 18.2 Å². The second kappa shape index (κ2) is 3.92. The lowest BCUT2D eigenvalue weighted by molar-refractivity contribution is -0.154. The van der Waals surface area contributed by atoms with Gasteiger partial charge in [-0.05, 0) is 19.1 Å². The summed E-state index contributed by atoms with van der Waals surface area (Å²) in [5.74, 6) is -3.18. The maximum absolute atomic E-state index is 13.8. The number of rotatable bonds is 2. The summed E-state index contributed by atoms with van der Waals surface area (Å²) in [6.07, 6.45) is 0. The molecule has 0 aliphatic heterocycles. The van der Waals surface area contributed by atoms with Crippen molar-refractivity contribution in [3.8, 4) is 0 Å². The van der Waals surface area contributed by atoms with Gasteiger partial charge in [-0.3, -0.25) is 0 Å². The highest BCUT2D eigenvalue weighted by atomic mass is 19.2. The second-order valence-electron chi connectivity index (χ2n) is 3.12. The Bertz CT molecular complexity index is 388. The molecule has 0 fully saturated rings. The van der Waals surface area contributed by atoms with Gasteiger partial charge in [-0.2, -0.15) is 0 Å². The number of methoxy groups -OCH3 is 1. The molecule has 15 heavy (non-hydrogen) atoms. The Morgan fingerprint density at radius 1 is 1.40 bits per heavy atom. The lowest BCUT2D eigenvalue weighted by Gasteiger charge is -2.18. The first-order valence-corrected chi connectivity index (χ1v) is 4.12. The Labute approximate surface area is 84.7 Å². The number of hydrogen-bond acceptors (Lipinski definition) is 2. The number of alkyl halides is 1. The molecule has 0 spiro atoms. The van der Waals surface area contributed by atoms with Gasteiger partial charge in [-0.15, -0.1) is 0 Å². The Morgan fingerprint density at radius 2 is 2.00 bits per heavy atom. The maximum atomic E-state index is 13.8. The van der Waals surface area contributed by atoms with E-state index in [9.17, 15) is 18.0 Å². The normalized spacial score (nSPS) is 14.5. The zero-order valence-electron chi connectivity index (χ0n) is 8.18. The molecular weight excluding hydrogens is 209 g/mol. The average Bonchev–Trinajstić information content (AvgIpc) is 2.15. The van der Waals surface area contributed by atoms with Gasteiger partial charge in [0.05, 0.1) is 7.11 Å². The van der Waals surface area contributed by atoms with Crippen molar-refractivity contribution in [3.63, 3.8) is 0 Å². The SMILES string of the molecule is COC(=O)C(C)(F)c1ccc(F)cc1F. The number of ether oxygens (including phenoxy) is 1. The summed E-state index contributed by atoms with van der Waals surface area (Å²) in [6, 6.07) is 2.26. The van der Waals surface area contributed by atoms with Crippen molar-refractivity contribution in [2.24, 2.45) is 0 Å². The highest BCUT2D eigenvalue weighted by Crippen LogP contribution is 2.29. The minimum atomic E-state index is -2.62. The minimum Gasteiger partial charge on any atom is -0.466 e. The van der Waals surface area contributed by atoms with E-state index < -0.39 is 28.8 Å². The number of hydrogen-bond donors (Lipinski definition) is 0. The molecule has 0 aliphatic rings. The molecule has 1 aromatic carbocycles. The first-order valence-electron chi connectivity index (χ1n) is 4.12. The summed E-state index contributed by atoms with van der Waals surface area (Å²) in [4.78, 5) is 11.0. The van der Waals surface area contributed by atoms with Crippen LogP contribution in [0.25, 0.3) is 0 Å². The summed E-state index contributed by atoms with van der Waals surface area (Å²) in [7, 11) is 0.988. The van der Waals surface area contributed by atoms with Crippen molar-refractivity contribution in [1.82, 2.24) is 0 Å².